The van der Waals surface area contributed by atoms with E-state index in [2.05, 4.69) is 24.1 Å². The van der Waals surface area contributed by atoms with Gasteiger partial charge >= 0.3 is 0 Å². The number of nitrogens with zero attached hydrogens (tertiary/aromatic N) is 1. The minimum atomic E-state index is -0.161. The van der Waals surface area contributed by atoms with Crippen LogP contribution in [0.25, 0.3) is 0 Å². The Bertz CT molecular complexity index is 643. The number of nitrogens with one attached hydrogen (secondary N) is 1. The van der Waals surface area contributed by atoms with Crippen LogP contribution in [0.15, 0.2) is 48.5 Å². The Kier molecular flexibility index (Phi) is 8.30. The van der Waals surface area contributed by atoms with Crippen molar-refractivity contribution in [1.29, 1.82) is 0 Å². The monoisotopic (exact) mass is 347 g/mol. The lowest BCUT2D eigenvalue weighted by molar-refractivity contribution is -0.0000133. The molecule has 0 aliphatic heterocycles. The molecule has 1 radical (unpaired) electrons. The summed E-state index contributed by atoms with van der Waals surface area (Å²) in [5.74, 6) is 0.455. The van der Waals surface area contributed by atoms with Gasteiger partial charge in [-0.2, -0.15) is 0 Å². The molecule has 0 aromatic heterocycles. The summed E-state index contributed by atoms with van der Waals surface area (Å²) in [6.45, 7) is 8.49. The molecule has 0 aliphatic carbocycles. The average Bonchev–Trinajstić information content (AvgIpc) is 2.57. The number of benzene rings is 2. The Morgan fingerprint density at radius 2 is 1.71 bits per heavy atom. The van der Waals surface area contributed by atoms with E-state index >= 15 is 0 Å². The van der Waals surface area contributed by atoms with Crippen LogP contribution in [-0.2, 0) is 0 Å². The van der Waals surface area contributed by atoms with E-state index in [0.717, 1.165) is 24.5 Å². The van der Waals surface area contributed by atoms with E-state index in [-0.39, 0.29) is 18.3 Å². The predicted molar refractivity (Wildman–Crippen MR) is 94.9 cm³/mol. The molecule has 0 saturated carbocycles. The number of hydrogen-bond donors (Lipinski definition) is 1. The van der Waals surface area contributed by atoms with Crippen LogP contribution in [0.5, 0.6) is 5.75 Å². The first-order chi connectivity index (χ1) is 11.2. The Balaban J connectivity index is 0.00000288. The Morgan fingerprint density at radius 3 is 2.29 bits per heavy atom. The molecule has 24 heavy (non-hydrogen) atoms. The fraction of sp³-hybridized carbons (Fsp3) is 0.316. The van der Waals surface area contributed by atoms with Crippen molar-refractivity contribution in [2.45, 2.75) is 20.8 Å². The topological polar surface area (TPSA) is 44.2 Å². The smallest absolute Gasteiger partial charge is 0.259 e. The van der Waals surface area contributed by atoms with Gasteiger partial charge in [-0.1, -0.05) is 18.2 Å². The highest BCUT2D eigenvalue weighted by Gasteiger charge is 2.19. The molecule has 0 heterocycles. The van der Waals surface area contributed by atoms with Gasteiger partial charge in [-0.05, 0) is 39.0 Å². The highest BCUT2D eigenvalue weighted by atomic mass is 35.5. The van der Waals surface area contributed by atoms with E-state index in [4.69, 9.17) is 4.74 Å². The summed E-state index contributed by atoms with van der Waals surface area (Å²) >= 11 is 0. The maximum Gasteiger partial charge on any atom is 0.259 e. The highest BCUT2D eigenvalue weighted by molar-refractivity contribution is 6.06. The van der Waals surface area contributed by atoms with Gasteiger partial charge in [0.25, 0.3) is 5.91 Å². The number of ether oxygens (including phenoxy) is 1. The number of halogens is 1. The fourth-order valence-corrected chi connectivity index (χ4v) is 2.48. The zero-order valence-electron chi connectivity index (χ0n) is 14.4. The Morgan fingerprint density at radius 1 is 1.04 bits per heavy atom. The fourth-order valence-electron chi connectivity index (χ4n) is 2.48. The molecule has 0 unspecified atom stereocenters. The van der Waals surface area contributed by atoms with E-state index in [9.17, 15) is 4.79 Å². The molecule has 2 aromatic carbocycles. The summed E-state index contributed by atoms with van der Waals surface area (Å²) in [5.41, 5.74) is 2.38. The van der Waals surface area contributed by atoms with Crippen molar-refractivity contribution in [2.24, 2.45) is 0 Å². The van der Waals surface area contributed by atoms with Crippen LogP contribution >= 0.6 is 0 Å². The highest BCUT2D eigenvalue weighted by Crippen LogP contribution is 2.26. The minimum absolute atomic E-state index is 0. The second kappa shape index (κ2) is 9.96. The summed E-state index contributed by atoms with van der Waals surface area (Å²) in [4.78, 5) is 14.7. The predicted octanol–water partition coefficient (Wildman–Crippen LogP) is 1.15. The third kappa shape index (κ3) is 4.98. The first kappa shape index (κ1) is 20.0. The molecular formula is C19H24ClN2O2. The number of hydrogen-bond acceptors (Lipinski definition) is 3. The molecule has 0 aliphatic rings. The van der Waals surface area contributed by atoms with Crippen LogP contribution in [0.3, 0.4) is 0 Å². The van der Waals surface area contributed by atoms with Gasteiger partial charge in [0.15, 0.2) is 5.69 Å². The largest absolute Gasteiger partial charge is 1.00 e. The maximum absolute atomic E-state index is 12.5. The van der Waals surface area contributed by atoms with Gasteiger partial charge in [0.05, 0.1) is 12.2 Å². The number of para-hydroxylation sites is 1. The average molecular weight is 348 g/mol. The molecule has 0 saturated heterocycles. The number of carbonyl (C=O) groups excluding carboxylic acids is 1. The van der Waals surface area contributed by atoms with Crippen LogP contribution in [0.4, 0.5) is 11.4 Å². The molecule has 2 aromatic rings. The van der Waals surface area contributed by atoms with Crippen LogP contribution in [0.2, 0.25) is 0 Å². The van der Waals surface area contributed by atoms with E-state index in [1.54, 1.807) is 0 Å². The molecule has 1 N–H and O–H groups in total. The summed E-state index contributed by atoms with van der Waals surface area (Å²) in [5, 5.41) is 2.90. The lowest BCUT2D eigenvalue weighted by atomic mass is 10.1. The third-order valence-corrected chi connectivity index (χ3v) is 3.67. The molecule has 0 fully saturated rings. The van der Waals surface area contributed by atoms with Crippen LogP contribution in [0.1, 0.15) is 31.1 Å². The van der Waals surface area contributed by atoms with E-state index in [1.165, 1.54) is 0 Å². The SMILES string of the molecule is CCOc1cc([N+](CC)CC)ccc1C(=O)Nc1ccccc1.[Cl-]. The van der Waals surface area contributed by atoms with E-state index in [1.807, 2.05) is 55.5 Å². The van der Waals surface area contributed by atoms with Crippen LogP contribution < -0.4 is 27.4 Å². The molecule has 0 bridgehead atoms. The van der Waals surface area contributed by atoms with Gasteiger partial charge in [-0.3, -0.25) is 4.79 Å². The molecule has 0 atom stereocenters. The normalized spacial score (nSPS) is 10.2. The molecule has 0 spiro atoms. The number of anilines is 2. The van der Waals surface area contributed by atoms with Crippen molar-refractivity contribution in [3.63, 3.8) is 0 Å². The zero-order valence-corrected chi connectivity index (χ0v) is 15.1. The third-order valence-electron chi connectivity index (χ3n) is 3.67. The van der Waals surface area contributed by atoms with E-state index < -0.39 is 0 Å². The standard InChI is InChI=1S/C19H24N2O2.ClH/c1-4-21(5-2)16-12-13-17(18(14-16)23-6-3)19(22)20-15-10-8-7-9-11-15;/h7-14H,4-6H2,1-3H3,(H,20,22);1H/q+1;/p-1. The van der Waals surface area contributed by atoms with Crippen molar-refractivity contribution in [3.8, 4) is 5.75 Å². The quantitative estimate of drug-likeness (QED) is 0.764. The molecule has 4 nitrogen and oxygen atoms in total. The number of carbonyl (C=O) groups is 1. The van der Waals surface area contributed by atoms with Crippen molar-refractivity contribution in [2.75, 3.05) is 25.0 Å². The molecular weight excluding hydrogens is 324 g/mol. The lowest BCUT2D eigenvalue weighted by Gasteiger charge is -2.13. The van der Waals surface area contributed by atoms with Crippen LogP contribution in [-0.4, -0.2) is 25.6 Å². The molecule has 1 amide bonds. The first-order valence-corrected chi connectivity index (χ1v) is 8.07. The summed E-state index contributed by atoms with van der Waals surface area (Å²) < 4.78 is 5.69. The lowest BCUT2D eigenvalue weighted by Crippen LogP contribution is -3.00. The van der Waals surface area contributed by atoms with Gasteiger partial charge < -0.3 is 22.5 Å². The summed E-state index contributed by atoms with van der Waals surface area (Å²) in [7, 11) is 0. The van der Waals surface area contributed by atoms with Crippen molar-refractivity contribution in [1.82, 2.24) is 4.90 Å². The zero-order chi connectivity index (χ0) is 16.7. The van der Waals surface area contributed by atoms with Gasteiger partial charge in [0, 0.05) is 17.8 Å². The van der Waals surface area contributed by atoms with E-state index in [0.29, 0.717) is 17.9 Å². The number of rotatable bonds is 7. The maximum atomic E-state index is 12.5. The van der Waals surface area contributed by atoms with Gasteiger partial charge in [0.2, 0.25) is 0 Å². The molecule has 2 rings (SSSR count). The van der Waals surface area contributed by atoms with Gasteiger partial charge in [0.1, 0.15) is 18.8 Å². The summed E-state index contributed by atoms with van der Waals surface area (Å²) in [6, 6.07) is 15.2. The minimum Gasteiger partial charge on any atom is -1.00 e. The second-order valence-corrected chi connectivity index (χ2v) is 5.11. The number of amides is 1. The van der Waals surface area contributed by atoms with Crippen molar-refractivity contribution < 1.29 is 21.9 Å². The van der Waals surface area contributed by atoms with Crippen molar-refractivity contribution >= 4 is 17.3 Å². The Labute approximate surface area is 150 Å². The second-order valence-electron chi connectivity index (χ2n) is 5.11. The van der Waals surface area contributed by atoms with Crippen LogP contribution in [0, 0.1) is 0 Å². The van der Waals surface area contributed by atoms with Gasteiger partial charge in [-0.15, -0.1) is 4.90 Å². The molecule has 5 heteroatoms. The first-order valence-electron chi connectivity index (χ1n) is 8.07. The molecule has 129 valence electrons. The van der Waals surface area contributed by atoms with Crippen molar-refractivity contribution in [3.05, 3.63) is 54.1 Å². The van der Waals surface area contributed by atoms with Gasteiger partial charge in [-0.25, -0.2) is 0 Å². The Hall–Kier alpha value is -2.04. The summed E-state index contributed by atoms with van der Waals surface area (Å²) in [6.07, 6.45) is 0.